The Morgan fingerprint density at radius 1 is 0.400 bits per heavy atom. The van der Waals surface area contributed by atoms with E-state index in [0.717, 1.165) is 50.9 Å². The van der Waals surface area contributed by atoms with Crippen molar-refractivity contribution in [2.24, 2.45) is 0 Å². The standard InChI is InChI=1S/C58H41NO/c1-3-17-42(18-4-1)50-24-9-11-30-55(50)58(40-14-13-29-54(58)45-20-5-2-6-21-45)59(46-36-32-43(33-37-46)49-26-15-22-41-19-7-8-23-48(41)49)47-38-34-44(35-39-47)51-27-16-28-53-52-25-10-12-31-56(52)60-57(51)53/h1-39H,40H2. The van der Waals surface area contributed by atoms with Gasteiger partial charge in [-0.2, -0.15) is 0 Å². The van der Waals surface area contributed by atoms with Crippen molar-refractivity contribution in [3.05, 3.63) is 248 Å². The molecule has 0 N–H and O–H groups in total. The van der Waals surface area contributed by atoms with Gasteiger partial charge in [0.15, 0.2) is 0 Å². The van der Waals surface area contributed by atoms with Crippen LogP contribution in [0, 0.1) is 0 Å². The zero-order valence-electron chi connectivity index (χ0n) is 33.1. The number of hydrogen-bond donors (Lipinski definition) is 0. The number of allylic oxidation sites excluding steroid dienone is 2. The molecule has 1 aromatic heterocycles. The summed E-state index contributed by atoms with van der Waals surface area (Å²) in [6.45, 7) is 0. The van der Waals surface area contributed by atoms with Crippen LogP contribution in [0.15, 0.2) is 241 Å². The zero-order chi connectivity index (χ0) is 39.9. The monoisotopic (exact) mass is 767 g/mol. The van der Waals surface area contributed by atoms with Gasteiger partial charge in [-0.05, 0) is 92.0 Å². The van der Waals surface area contributed by atoms with Gasteiger partial charge in [0, 0.05) is 27.7 Å². The highest BCUT2D eigenvalue weighted by Crippen LogP contribution is 2.54. The summed E-state index contributed by atoms with van der Waals surface area (Å²) in [6.07, 6.45) is 7.64. The smallest absolute Gasteiger partial charge is 0.143 e. The summed E-state index contributed by atoms with van der Waals surface area (Å²) in [5.41, 5.74) is 14.0. The van der Waals surface area contributed by atoms with E-state index in [2.05, 4.69) is 235 Å². The summed E-state index contributed by atoms with van der Waals surface area (Å²) in [4.78, 5) is 2.59. The minimum Gasteiger partial charge on any atom is -0.455 e. The van der Waals surface area contributed by atoms with E-state index in [9.17, 15) is 0 Å². The molecule has 60 heavy (non-hydrogen) atoms. The molecule has 10 aromatic rings. The second-order valence-electron chi connectivity index (χ2n) is 15.6. The van der Waals surface area contributed by atoms with Crippen molar-refractivity contribution >= 4 is 49.7 Å². The Labute approximate surface area is 350 Å². The van der Waals surface area contributed by atoms with Gasteiger partial charge in [0.05, 0.1) is 0 Å². The lowest BCUT2D eigenvalue weighted by Gasteiger charge is -2.49. The average Bonchev–Trinajstić information content (AvgIpc) is 3.72. The number of benzene rings is 9. The van der Waals surface area contributed by atoms with Gasteiger partial charge in [-0.25, -0.2) is 0 Å². The highest BCUT2D eigenvalue weighted by molar-refractivity contribution is 6.09. The largest absolute Gasteiger partial charge is 0.455 e. The molecule has 1 aliphatic carbocycles. The molecule has 1 heterocycles. The first-order valence-corrected chi connectivity index (χ1v) is 20.7. The summed E-state index contributed by atoms with van der Waals surface area (Å²) in [7, 11) is 0. The van der Waals surface area contributed by atoms with Crippen molar-refractivity contribution in [1.29, 1.82) is 0 Å². The Morgan fingerprint density at radius 3 is 1.70 bits per heavy atom. The van der Waals surface area contributed by atoms with Crippen LogP contribution in [0.1, 0.15) is 17.5 Å². The molecule has 0 saturated heterocycles. The second-order valence-corrected chi connectivity index (χ2v) is 15.6. The molecule has 0 radical (unpaired) electrons. The lowest BCUT2D eigenvalue weighted by Crippen LogP contribution is -2.45. The van der Waals surface area contributed by atoms with Crippen LogP contribution in [0.2, 0.25) is 0 Å². The molecule has 1 unspecified atom stereocenters. The summed E-state index contributed by atoms with van der Waals surface area (Å²) >= 11 is 0. The van der Waals surface area contributed by atoms with Gasteiger partial charge in [0.1, 0.15) is 16.7 Å². The van der Waals surface area contributed by atoms with Crippen LogP contribution in [0.4, 0.5) is 11.4 Å². The van der Waals surface area contributed by atoms with Gasteiger partial charge in [0.2, 0.25) is 0 Å². The topological polar surface area (TPSA) is 16.4 Å². The third-order valence-electron chi connectivity index (χ3n) is 12.2. The quantitative estimate of drug-likeness (QED) is 0.153. The van der Waals surface area contributed by atoms with E-state index in [1.807, 2.05) is 6.07 Å². The number of fused-ring (bicyclic) bond motifs is 4. The van der Waals surface area contributed by atoms with Crippen LogP contribution < -0.4 is 4.90 Å². The third kappa shape index (κ3) is 5.96. The summed E-state index contributed by atoms with van der Waals surface area (Å²) in [6, 6.07) is 79.1. The van der Waals surface area contributed by atoms with E-state index < -0.39 is 5.54 Å². The Balaban J connectivity index is 1.15. The summed E-state index contributed by atoms with van der Waals surface area (Å²) < 4.78 is 6.52. The fraction of sp³-hybridized carbons (Fsp3) is 0.0345. The van der Waals surface area contributed by atoms with E-state index in [1.54, 1.807) is 0 Å². The van der Waals surface area contributed by atoms with Crippen LogP contribution in [0.3, 0.4) is 0 Å². The molecule has 0 saturated carbocycles. The predicted molar refractivity (Wildman–Crippen MR) is 252 cm³/mol. The molecule has 2 heteroatoms. The molecule has 284 valence electrons. The van der Waals surface area contributed by atoms with Crippen LogP contribution in [0.25, 0.3) is 71.7 Å². The molecule has 0 bridgehead atoms. The lowest BCUT2D eigenvalue weighted by molar-refractivity contribution is 0.568. The van der Waals surface area contributed by atoms with Crippen molar-refractivity contribution in [1.82, 2.24) is 0 Å². The normalized spacial score (nSPS) is 15.0. The van der Waals surface area contributed by atoms with Gasteiger partial charge in [-0.1, -0.05) is 206 Å². The first-order chi connectivity index (χ1) is 29.8. The van der Waals surface area contributed by atoms with Crippen LogP contribution in [0.5, 0.6) is 0 Å². The maximum Gasteiger partial charge on any atom is 0.143 e. The Hall–Kier alpha value is -7.68. The van der Waals surface area contributed by atoms with Gasteiger partial charge < -0.3 is 9.32 Å². The number of rotatable bonds is 8. The van der Waals surface area contributed by atoms with E-state index in [-0.39, 0.29) is 0 Å². The molecular formula is C58H41NO. The maximum atomic E-state index is 6.52. The molecule has 0 amide bonds. The van der Waals surface area contributed by atoms with Gasteiger partial charge in [0.25, 0.3) is 0 Å². The van der Waals surface area contributed by atoms with Crippen molar-refractivity contribution in [2.75, 3.05) is 4.90 Å². The molecule has 1 aliphatic rings. The average molecular weight is 768 g/mol. The van der Waals surface area contributed by atoms with Crippen LogP contribution >= 0.6 is 0 Å². The van der Waals surface area contributed by atoms with Crippen LogP contribution in [-0.4, -0.2) is 0 Å². The second kappa shape index (κ2) is 14.9. The highest BCUT2D eigenvalue weighted by atomic mass is 16.3. The van der Waals surface area contributed by atoms with Gasteiger partial charge >= 0.3 is 0 Å². The minimum absolute atomic E-state index is 0.649. The number of furan rings is 1. The molecule has 0 aliphatic heterocycles. The van der Waals surface area contributed by atoms with Gasteiger partial charge in [-0.3, -0.25) is 0 Å². The first-order valence-electron chi connectivity index (χ1n) is 20.7. The number of anilines is 2. The van der Waals surface area contributed by atoms with Crippen molar-refractivity contribution in [2.45, 2.75) is 12.0 Å². The molecular weight excluding hydrogens is 727 g/mol. The molecule has 0 fully saturated rings. The molecule has 9 aromatic carbocycles. The zero-order valence-corrected chi connectivity index (χ0v) is 33.1. The van der Waals surface area contributed by atoms with Crippen LogP contribution in [-0.2, 0) is 5.54 Å². The van der Waals surface area contributed by atoms with E-state index in [4.69, 9.17) is 4.42 Å². The van der Waals surface area contributed by atoms with E-state index in [0.29, 0.717) is 0 Å². The first kappa shape index (κ1) is 35.5. The molecule has 1 atom stereocenters. The predicted octanol–water partition coefficient (Wildman–Crippen LogP) is 15.8. The minimum atomic E-state index is -0.649. The fourth-order valence-corrected chi connectivity index (χ4v) is 9.53. The Morgan fingerprint density at radius 2 is 0.933 bits per heavy atom. The molecule has 11 rings (SSSR count). The third-order valence-corrected chi connectivity index (χ3v) is 12.2. The SMILES string of the molecule is C1=CCC(c2ccccc2-c2ccccc2)(N(c2ccc(-c3cccc4ccccc34)cc2)c2ccc(-c3cccc4c3oc3ccccc34)cc2)C(c2ccccc2)=C1. The number of nitrogens with zero attached hydrogens (tertiary/aromatic N) is 1. The van der Waals surface area contributed by atoms with Crippen molar-refractivity contribution < 1.29 is 4.42 Å². The lowest BCUT2D eigenvalue weighted by atomic mass is 9.70. The highest BCUT2D eigenvalue weighted by Gasteiger charge is 2.45. The number of para-hydroxylation sites is 2. The van der Waals surface area contributed by atoms with E-state index >= 15 is 0 Å². The van der Waals surface area contributed by atoms with Crippen molar-refractivity contribution in [3.63, 3.8) is 0 Å². The van der Waals surface area contributed by atoms with E-state index in [1.165, 1.54) is 49.7 Å². The maximum absolute atomic E-state index is 6.52. The summed E-state index contributed by atoms with van der Waals surface area (Å²) in [5, 5.41) is 4.75. The van der Waals surface area contributed by atoms with Gasteiger partial charge in [-0.15, -0.1) is 0 Å². The number of hydrogen-bond acceptors (Lipinski definition) is 2. The molecule has 2 nitrogen and oxygen atoms in total. The van der Waals surface area contributed by atoms with Crippen molar-refractivity contribution in [3.8, 4) is 33.4 Å². The fourth-order valence-electron chi connectivity index (χ4n) is 9.53. The summed E-state index contributed by atoms with van der Waals surface area (Å²) in [5.74, 6) is 0. The molecule has 0 spiro atoms. The Kier molecular flexibility index (Phi) is 8.82. The Bertz CT molecular complexity index is 3210.